The van der Waals surface area contributed by atoms with Crippen LogP contribution >= 0.6 is 0 Å². The number of anilines is 1. The summed E-state index contributed by atoms with van der Waals surface area (Å²) in [4.78, 5) is 19.8. The number of aliphatic hydroxyl groups is 1. The van der Waals surface area contributed by atoms with E-state index in [2.05, 4.69) is 31.4 Å². The molecule has 4 heterocycles. The zero-order chi connectivity index (χ0) is 34.9. The number of piperidine rings is 2. The van der Waals surface area contributed by atoms with Crippen LogP contribution in [-0.2, 0) is 20.0 Å². The van der Waals surface area contributed by atoms with Crippen molar-refractivity contribution in [1.29, 1.82) is 0 Å². The molecule has 0 aromatic heterocycles. The van der Waals surface area contributed by atoms with Gasteiger partial charge in [-0.1, -0.05) is 18.6 Å². The van der Waals surface area contributed by atoms with Crippen molar-refractivity contribution in [3.8, 4) is 0 Å². The van der Waals surface area contributed by atoms with Crippen molar-refractivity contribution in [2.45, 2.75) is 78.6 Å². The van der Waals surface area contributed by atoms with Gasteiger partial charge in [0.05, 0.1) is 17.3 Å². The molecule has 0 radical (unpaired) electrons. The second-order valence-electron chi connectivity index (χ2n) is 15.6. The molecule has 10 nitrogen and oxygen atoms in total. The number of methoxy groups -OCH3 is 1. The van der Waals surface area contributed by atoms with Crippen molar-refractivity contribution in [1.82, 2.24) is 20.4 Å². The van der Waals surface area contributed by atoms with Crippen LogP contribution < -0.4 is 15.5 Å². The quantitative estimate of drug-likeness (QED) is 0.321. The molecule has 3 N–H and O–H groups in total. The summed E-state index contributed by atoms with van der Waals surface area (Å²) in [5.41, 5.74) is 0.795. The standard InChI is InChI=1S/C38H54FN5O5S/c1-49-36(45)41-35-8-3-7-34(35)38(27-42-19-4-20-42,29-5-2-6-30(39)23-29)28-15-21-43(22-16-28)24-37(46)25-44(26-37)31-9-11-32(12-10-31)50(47,48)33-13-17-40-18-14-33/h2,5-6,9-12,23,28,33-35,40,46H,3-4,7-8,13-22,24-27H2,1H3,(H,41,45)/t34-,35-,38-/m0/s1. The first kappa shape index (κ1) is 35.6. The Hall–Kier alpha value is -2.77. The van der Waals surface area contributed by atoms with Gasteiger partial charge in [0.25, 0.3) is 0 Å². The molecule has 3 atom stereocenters. The number of halogens is 1. The van der Waals surface area contributed by atoms with E-state index in [1.54, 1.807) is 18.2 Å². The van der Waals surface area contributed by atoms with Crippen LogP contribution in [0.15, 0.2) is 53.4 Å². The van der Waals surface area contributed by atoms with Gasteiger partial charge >= 0.3 is 6.09 Å². The number of amides is 1. The fraction of sp³-hybridized carbons (Fsp3) is 0.658. The number of nitrogens with zero attached hydrogens (tertiary/aromatic N) is 3. The Labute approximate surface area is 296 Å². The number of likely N-dealkylation sites (tertiary alicyclic amines) is 2. The molecule has 0 unspecified atom stereocenters. The number of nitrogens with one attached hydrogen (secondary N) is 2. The lowest BCUT2D eigenvalue weighted by atomic mass is 9.57. The van der Waals surface area contributed by atoms with Crippen molar-refractivity contribution in [2.24, 2.45) is 11.8 Å². The maximum absolute atomic E-state index is 15.0. The Morgan fingerprint density at radius 2 is 1.70 bits per heavy atom. The fourth-order valence-corrected chi connectivity index (χ4v) is 11.6. The molecular formula is C38H54FN5O5S. The van der Waals surface area contributed by atoms with E-state index in [1.807, 2.05) is 18.2 Å². The molecule has 1 saturated carbocycles. The molecule has 4 aliphatic heterocycles. The van der Waals surface area contributed by atoms with Crippen LogP contribution in [-0.4, -0.2) is 119 Å². The lowest BCUT2D eigenvalue weighted by Gasteiger charge is -2.55. The predicted molar refractivity (Wildman–Crippen MR) is 192 cm³/mol. The number of hydrogen-bond acceptors (Lipinski definition) is 9. The van der Waals surface area contributed by atoms with Gasteiger partial charge in [0.2, 0.25) is 0 Å². The van der Waals surface area contributed by atoms with Gasteiger partial charge < -0.3 is 35.2 Å². The lowest BCUT2D eigenvalue weighted by Crippen LogP contribution is -2.67. The van der Waals surface area contributed by atoms with Crippen LogP contribution in [0.5, 0.6) is 0 Å². The van der Waals surface area contributed by atoms with Crippen molar-refractivity contribution < 1.29 is 27.4 Å². The molecule has 12 heteroatoms. The van der Waals surface area contributed by atoms with Crippen molar-refractivity contribution >= 4 is 21.6 Å². The van der Waals surface area contributed by atoms with Crippen LogP contribution in [0.3, 0.4) is 0 Å². The second-order valence-corrected chi connectivity index (χ2v) is 17.8. The largest absolute Gasteiger partial charge is 0.453 e. The van der Waals surface area contributed by atoms with Crippen LogP contribution in [0.2, 0.25) is 0 Å². The van der Waals surface area contributed by atoms with Gasteiger partial charge in [0.1, 0.15) is 11.4 Å². The van der Waals surface area contributed by atoms with E-state index in [0.29, 0.717) is 43.3 Å². The number of alkyl carbamates (subject to hydrolysis) is 1. The average Bonchev–Trinajstić information content (AvgIpc) is 3.56. The average molecular weight is 712 g/mol. The highest BCUT2D eigenvalue weighted by Gasteiger charge is 2.53. The molecule has 5 fully saturated rings. The zero-order valence-corrected chi connectivity index (χ0v) is 30.2. The third kappa shape index (κ3) is 7.15. The third-order valence-electron chi connectivity index (χ3n) is 12.5. The van der Waals surface area contributed by atoms with E-state index in [9.17, 15) is 22.7 Å². The Morgan fingerprint density at radius 3 is 2.34 bits per heavy atom. The molecule has 2 aromatic rings. The molecule has 0 spiro atoms. The fourth-order valence-electron chi connectivity index (χ4n) is 9.85. The molecule has 4 saturated heterocycles. The summed E-state index contributed by atoms with van der Waals surface area (Å²) in [7, 11) is -1.94. The Morgan fingerprint density at radius 1 is 0.980 bits per heavy atom. The number of ether oxygens (including phenoxy) is 1. The first-order chi connectivity index (χ1) is 24.1. The van der Waals surface area contributed by atoms with Crippen molar-refractivity contribution in [3.05, 3.63) is 59.9 Å². The molecule has 2 aromatic carbocycles. The van der Waals surface area contributed by atoms with E-state index >= 15 is 0 Å². The molecular weight excluding hydrogens is 658 g/mol. The lowest BCUT2D eigenvalue weighted by molar-refractivity contribution is -0.0362. The van der Waals surface area contributed by atoms with E-state index in [-0.39, 0.29) is 28.4 Å². The summed E-state index contributed by atoms with van der Waals surface area (Å²) in [5, 5.41) is 17.6. The Balaban J connectivity index is 1.02. The zero-order valence-electron chi connectivity index (χ0n) is 29.4. The summed E-state index contributed by atoms with van der Waals surface area (Å²) in [6.07, 6.45) is 6.76. The third-order valence-corrected chi connectivity index (χ3v) is 14.8. The van der Waals surface area contributed by atoms with Crippen LogP contribution in [0.25, 0.3) is 0 Å². The van der Waals surface area contributed by atoms with E-state index in [0.717, 1.165) is 89.2 Å². The Kier molecular flexibility index (Phi) is 10.5. The molecule has 274 valence electrons. The molecule has 1 aliphatic carbocycles. The second kappa shape index (κ2) is 14.7. The summed E-state index contributed by atoms with van der Waals surface area (Å²) in [5.74, 6) is 0.225. The number of rotatable bonds is 11. The topological polar surface area (TPSA) is 114 Å². The minimum atomic E-state index is -3.35. The molecule has 0 bridgehead atoms. The van der Waals surface area contributed by atoms with Crippen LogP contribution in [0.1, 0.15) is 56.9 Å². The highest BCUT2D eigenvalue weighted by atomic mass is 32.2. The highest BCUT2D eigenvalue weighted by molar-refractivity contribution is 7.92. The first-order valence-electron chi connectivity index (χ1n) is 18.7. The van der Waals surface area contributed by atoms with Gasteiger partial charge in [-0.2, -0.15) is 0 Å². The molecule has 5 aliphatic rings. The van der Waals surface area contributed by atoms with Gasteiger partial charge in [0, 0.05) is 43.3 Å². The van der Waals surface area contributed by atoms with Gasteiger partial charge in [-0.05, 0) is 138 Å². The minimum Gasteiger partial charge on any atom is -0.453 e. The number of β-amino-alcohol motifs (C(OH)–C–C–N with tert-alkyl or cyclic N) is 1. The molecule has 7 rings (SSSR count). The maximum atomic E-state index is 15.0. The van der Waals surface area contributed by atoms with Crippen molar-refractivity contribution in [2.75, 3.05) is 77.5 Å². The van der Waals surface area contributed by atoms with Crippen LogP contribution in [0.4, 0.5) is 14.9 Å². The maximum Gasteiger partial charge on any atom is 0.407 e. The SMILES string of the molecule is COC(=O)N[C@H]1CCC[C@@H]1[C@](CN1CCC1)(c1cccc(F)c1)C1CCN(CC2(O)CN(c3ccc(S(=O)(=O)C4CCNCC4)cc3)C2)CC1. The van der Waals surface area contributed by atoms with E-state index < -0.39 is 21.5 Å². The first-order valence-corrected chi connectivity index (χ1v) is 20.2. The summed E-state index contributed by atoms with van der Waals surface area (Å²) in [6.45, 7) is 7.65. The number of carbonyl (C=O) groups excluding carboxylic acids is 1. The summed E-state index contributed by atoms with van der Waals surface area (Å²) < 4.78 is 46.3. The number of benzene rings is 2. The van der Waals surface area contributed by atoms with Gasteiger partial charge in [-0.3, -0.25) is 0 Å². The highest BCUT2D eigenvalue weighted by Crippen LogP contribution is 2.51. The molecule has 50 heavy (non-hydrogen) atoms. The number of hydrogen-bond donors (Lipinski definition) is 3. The monoisotopic (exact) mass is 711 g/mol. The minimum absolute atomic E-state index is 0.0366. The Bertz CT molecular complexity index is 1590. The number of carbonyl (C=O) groups is 1. The number of sulfone groups is 1. The normalized spacial score (nSPS) is 26.5. The van der Waals surface area contributed by atoms with E-state index in [4.69, 9.17) is 4.74 Å². The smallest absolute Gasteiger partial charge is 0.407 e. The summed E-state index contributed by atoms with van der Waals surface area (Å²) in [6, 6.07) is 14.3. The van der Waals surface area contributed by atoms with Crippen LogP contribution in [0, 0.1) is 17.7 Å². The van der Waals surface area contributed by atoms with Gasteiger partial charge in [-0.15, -0.1) is 0 Å². The van der Waals surface area contributed by atoms with Crippen molar-refractivity contribution in [3.63, 3.8) is 0 Å². The molecule has 1 amide bonds. The van der Waals surface area contributed by atoms with Gasteiger partial charge in [0.15, 0.2) is 9.84 Å². The van der Waals surface area contributed by atoms with Gasteiger partial charge in [-0.25, -0.2) is 17.6 Å². The van der Waals surface area contributed by atoms with E-state index in [1.165, 1.54) is 19.6 Å². The summed E-state index contributed by atoms with van der Waals surface area (Å²) >= 11 is 0. The predicted octanol–water partition coefficient (Wildman–Crippen LogP) is 3.78.